The van der Waals surface area contributed by atoms with Crippen molar-refractivity contribution in [2.45, 2.75) is 12.3 Å². The van der Waals surface area contributed by atoms with Gasteiger partial charge in [0, 0.05) is 12.5 Å². The summed E-state index contributed by atoms with van der Waals surface area (Å²) in [5.74, 6) is -0.853. The van der Waals surface area contributed by atoms with Gasteiger partial charge in [-0.1, -0.05) is 48.5 Å². The van der Waals surface area contributed by atoms with E-state index < -0.39 is 12.1 Å². The van der Waals surface area contributed by atoms with Gasteiger partial charge in [0.05, 0.1) is 257 Å². The van der Waals surface area contributed by atoms with E-state index in [9.17, 15) is 9.59 Å². The molecule has 2 N–H and O–H groups in total. The van der Waals surface area contributed by atoms with Crippen molar-refractivity contribution >= 4 is 12.1 Å². The monoisotopic (exact) mass is 1150 g/mol. The van der Waals surface area contributed by atoms with Gasteiger partial charge in [-0.25, -0.2) is 4.79 Å². The zero-order valence-corrected chi connectivity index (χ0v) is 47.1. The molecule has 0 spiro atoms. The molecule has 0 saturated heterocycles. The molecule has 0 bridgehead atoms. The highest BCUT2D eigenvalue weighted by molar-refractivity contribution is 5.79. The first-order chi connectivity index (χ1) is 39.7. The van der Waals surface area contributed by atoms with Crippen LogP contribution in [-0.4, -0.2) is 281 Å². The maximum atomic E-state index is 12.3. The van der Waals surface area contributed by atoms with E-state index in [0.29, 0.717) is 251 Å². The first-order valence-electron chi connectivity index (χ1n) is 27.9. The lowest BCUT2D eigenvalue weighted by Gasteiger charge is -2.14. The van der Waals surface area contributed by atoms with Crippen LogP contribution in [0.15, 0.2) is 48.5 Å². The standard InChI is InChI=1S/C56H93NO23/c58-55(59)9-11-61-13-15-63-17-19-65-21-23-67-25-27-69-29-31-71-33-35-73-37-39-75-41-43-77-45-47-79-48-46-78-44-42-76-40-38-74-36-34-72-32-30-70-28-26-68-24-22-66-20-18-64-16-14-62-12-10-57-56(60)80-49-54-52-7-3-1-5-50(52)51-6-2-4-8-53(51)54/h1-8,54H,9-49H2,(H,57,60)(H,58,59). The number of rotatable bonds is 62. The molecule has 1 aliphatic carbocycles. The maximum absolute atomic E-state index is 12.3. The third kappa shape index (κ3) is 41.4. The molecule has 1 aliphatic rings. The highest BCUT2D eigenvalue weighted by Crippen LogP contribution is 2.44. The second-order valence-electron chi connectivity index (χ2n) is 17.0. The lowest BCUT2D eigenvalue weighted by Crippen LogP contribution is -2.29. The number of nitrogens with one attached hydrogen (secondary N) is 1. The molecule has 0 unspecified atom stereocenters. The number of carbonyl (C=O) groups is 2. The predicted molar refractivity (Wildman–Crippen MR) is 291 cm³/mol. The van der Waals surface area contributed by atoms with Gasteiger partial charge in [-0.2, -0.15) is 0 Å². The summed E-state index contributed by atoms with van der Waals surface area (Å²) in [6.07, 6.45) is -0.469. The number of benzene rings is 2. The molecule has 80 heavy (non-hydrogen) atoms. The fraction of sp³-hybridized carbons (Fsp3) is 0.750. The Hall–Kier alpha value is -3.58. The summed E-state index contributed by atoms with van der Waals surface area (Å²) in [4.78, 5) is 22.7. The third-order valence-electron chi connectivity index (χ3n) is 11.0. The van der Waals surface area contributed by atoms with Gasteiger partial charge in [-0.05, 0) is 22.3 Å². The van der Waals surface area contributed by atoms with E-state index in [2.05, 4.69) is 29.6 Å². The van der Waals surface area contributed by atoms with E-state index in [-0.39, 0.29) is 25.6 Å². The molecule has 1 amide bonds. The summed E-state index contributed by atoms with van der Waals surface area (Å²) >= 11 is 0. The van der Waals surface area contributed by atoms with E-state index in [1.807, 2.05) is 24.3 Å². The van der Waals surface area contributed by atoms with E-state index in [4.69, 9.17) is 99.8 Å². The molecule has 0 saturated carbocycles. The molecule has 3 rings (SSSR count). The summed E-state index contributed by atoms with van der Waals surface area (Å²) in [5.41, 5.74) is 4.75. The fourth-order valence-electron chi connectivity index (χ4n) is 7.09. The molecule has 0 heterocycles. The van der Waals surface area contributed by atoms with Crippen molar-refractivity contribution < 1.29 is 109 Å². The smallest absolute Gasteiger partial charge is 0.407 e. The Morgan fingerprint density at radius 3 is 0.762 bits per heavy atom. The minimum Gasteiger partial charge on any atom is -0.481 e. The number of aliphatic carboxylic acids is 1. The number of carboxylic acids is 1. The zero-order chi connectivity index (χ0) is 56.5. The van der Waals surface area contributed by atoms with Crippen LogP contribution >= 0.6 is 0 Å². The van der Waals surface area contributed by atoms with Gasteiger partial charge in [0.15, 0.2) is 0 Å². The first kappa shape index (κ1) is 70.7. The number of carboxylic acid groups (broad SMARTS) is 1. The van der Waals surface area contributed by atoms with E-state index >= 15 is 0 Å². The van der Waals surface area contributed by atoms with Crippen LogP contribution in [0.3, 0.4) is 0 Å². The summed E-state index contributed by atoms with van der Waals surface area (Å²) in [6, 6.07) is 16.5. The van der Waals surface area contributed by atoms with Gasteiger partial charge in [0.2, 0.25) is 0 Å². The maximum Gasteiger partial charge on any atom is 0.407 e. The Bertz CT molecular complexity index is 1660. The van der Waals surface area contributed by atoms with Crippen LogP contribution in [0.5, 0.6) is 0 Å². The second kappa shape index (κ2) is 54.7. The SMILES string of the molecule is O=C(O)CCOCCOCCOCCOCCOCCOCCOCCOCCOCCOCCOCCOCCOCCOCCOCCOCCOCCOCCOCCNC(=O)OCC1c2ccccc2-c2ccccc21. The van der Waals surface area contributed by atoms with Crippen LogP contribution in [0.2, 0.25) is 0 Å². The topological polar surface area (TPSA) is 251 Å². The van der Waals surface area contributed by atoms with Gasteiger partial charge >= 0.3 is 12.1 Å². The van der Waals surface area contributed by atoms with E-state index in [0.717, 1.165) is 0 Å². The minimum absolute atomic E-state index is 0.0102. The summed E-state index contributed by atoms with van der Waals surface area (Å²) in [7, 11) is 0. The Labute approximate surface area is 472 Å². The van der Waals surface area contributed by atoms with Gasteiger partial charge in [0.1, 0.15) is 6.61 Å². The number of ether oxygens (including phenoxy) is 20. The predicted octanol–water partition coefficient (Wildman–Crippen LogP) is 3.32. The molecule has 24 nitrogen and oxygen atoms in total. The largest absolute Gasteiger partial charge is 0.481 e. The highest BCUT2D eigenvalue weighted by Gasteiger charge is 2.29. The van der Waals surface area contributed by atoms with Crippen LogP contribution in [0.4, 0.5) is 4.79 Å². The number of fused-ring (bicyclic) bond motifs is 3. The molecule has 0 atom stereocenters. The number of hydrogen-bond acceptors (Lipinski definition) is 22. The van der Waals surface area contributed by atoms with Crippen molar-refractivity contribution in [1.29, 1.82) is 0 Å². The molecule has 2 aromatic rings. The average Bonchev–Trinajstić information content (AvgIpc) is 3.98. The van der Waals surface area contributed by atoms with Crippen molar-refractivity contribution in [3.63, 3.8) is 0 Å². The van der Waals surface area contributed by atoms with Crippen LogP contribution in [-0.2, 0) is 99.5 Å². The van der Waals surface area contributed by atoms with Gasteiger partial charge < -0.3 is 105 Å². The molecule has 460 valence electrons. The van der Waals surface area contributed by atoms with Crippen molar-refractivity contribution in [1.82, 2.24) is 5.32 Å². The summed E-state index contributed by atoms with van der Waals surface area (Å²) in [5, 5.41) is 11.3. The van der Waals surface area contributed by atoms with Crippen molar-refractivity contribution in [3.05, 3.63) is 59.7 Å². The molecule has 0 aromatic heterocycles. The van der Waals surface area contributed by atoms with Crippen molar-refractivity contribution in [3.8, 4) is 11.1 Å². The lowest BCUT2D eigenvalue weighted by atomic mass is 9.98. The molecule has 24 heteroatoms. The normalized spacial score (nSPS) is 12.1. The highest BCUT2D eigenvalue weighted by atomic mass is 16.6. The molecule has 0 aliphatic heterocycles. The summed E-state index contributed by atoms with van der Waals surface area (Å²) < 4.78 is 110. The zero-order valence-electron chi connectivity index (χ0n) is 47.1. The van der Waals surface area contributed by atoms with Crippen LogP contribution in [0.1, 0.15) is 23.5 Å². The van der Waals surface area contributed by atoms with E-state index in [1.54, 1.807) is 0 Å². The van der Waals surface area contributed by atoms with Gasteiger partial charge in [-0.15, -0.1) is 0 Å². The number of carbonyl (C=O) groups excluding carboxylic acids is 1. The van der Waals surface area contributed by atoms with Crippen LogP contribution in [0.25, 0.3) is 11.1 Å². The molecule has 0 radical (unpaired) electrons. The Balaban J connectivity index is 0.867. The molecular weight excluding hydrogens is 1050 g/mol. The quantitative estimate of drug-likeness (QED) is 0.0902. The van der Waals surface area contributed by atoms with Crippen molar-refractivity contribution in [2.75, 3.05) is 264 Å². The Kier molecular flexibility index (Phi) is 48.3. The summed E-state index contributed by atoms with van der Waals surface area (Å²) in [6.45, 7) is 17.8. The van der Waals surface area contributed by atoms with Crippen LogP contribution < -0.4 is 5.32 Å². The average molecular weight is 1150 g/mol. The Morgan fingerprint density at radius 1 is 0.312 bits per heavy atom. The number of hydrogen-bond donors (Lipinski definition) is 2. The number of alkyl carbamates (subject to hydrolysis) is 1. The number of amides is 1. The Morgan fingerprint density at radius 2 is 0.525 bits per heavy atom. The van der Waals surface area contributed by atoms with Crippen molar-refractivity contribution in [2.24, 2.45) is 0 Å². The van der Waals surface area contributed by atoms with Gasteiger partial charge in [-0.3, -0.25) is 4.79 Å². The molecule has 2 aromatic carbocycles. The van der Waals surface area contributed by atoms with Crippen LogP contribution in [0, 0.1) is 0 Å². The second-order valence-corrected chi connectivity index (χ2v) is 17.0. The molecular formula is C56H93NO23. The lowest BCUT2D eigenvalue weighted by molar-refractivity contribution is -0.138. The molecule has 0 fully saturated rings. The minimum atomic E-state index is -0.880. The third-order valence-corrected chi connectivity index (χ3v) is 11.0. The van der Waals surface area contributed by atoms with Gasteiger partial charge in [0.25, 0.3) is 0 Å². The fourth-order valence-corrected chi connectivity index (χ4v) is 7.09. The van der Waals surface area contributed by atoms with E-state index in [1.165, 1.54) is 22.3 Å². The first-order valence-corrected chi connectivity index (χ1v) is 27.9.